The number of carbonyl (C=O) groups is 1. The van der Waals surface area contributed by atoms with E-state index < -0.39 is 25.9 Å². The van der Waals surface area contributed by atoms with Gasteiger partial charge in [-0.05, 0) is 57.7 Å². The first-order chi connectivity index (χ1) is 17.3. The number of rotatable bonds is 11. The van der Waals surface area contributed by atoms with Gasteiger partial charge < -0.3 is 19.1 Å². The highest BCUT2D eigenvalue weighted by Gasteiger charge is 2.43. The van der Waals surface area contributed by atoms with Crippen LogP contribution in [0.25, 0.3) is 11.0 Å². The zero-order chi connectivity index (χ0) is 27.2. The predicted molar refractivity (Wildman–Crippen MR) is 142 cm³/mol. The van der Waals surface area contributed by atoms with E-state index in [0.717, 1.165) is 23.5 Å². The fourth-order valence-electron chi connectivity index (χ4n) is 4.26. The number of carbonyl (C=O) groups excluding carboxylic acids is 1. The Hall–Kier alpha value is -2.98. The van der Waals surface area contributed by atoms with E-state index in [4.69, 9.17) is 14.2 Å². The first-order valence-corrected chi connectivity index (χ1v) is 13.9. The van der Waals surface area contributed by atoms with E-state index >= 15 is 0 Å². The highest BCUT2D eigenvalue weighted by Crippen LogP contribution is 2.34. The zero-order valence-electron chi connectivity index (χ0n) is 22.4. The van der Waals surface area contributed by atoms with E-state index in [1.807, 2.05) is 20.8 Å². The minimum atomic E-state index is -4.07. The summed E-state index contributed by atoms with van der Waals surface area (Å²) in [5.41, 5.74) is 2.00. The summed E-state index contributed by atoms with van der Waals surface area (Å²) in [6.07, 6.45) is 3.01. The lowest BCUT2D eigenvalue weighted by molar-refractivity contribution is -0.117. The van der Waals surface area contributed by atoms with Crippen molar-refractivity contribution in [2.75, 3.05) is 19.0 Å². The van der Waals surface area contributed by atoms with Crippen LogP contribution >= 0.6 is 0 Å². The average Bonchev–Trinajstić information content (AvgIpc) is 3.39. The molecular weight excluding hydrogens is 492 g/mol. The van der Waals surface area contributed by atoms with E-state index in [1.54, 1.807) is 31.4 Å². The van der Waals surface area contributed by atoms with Gasteiger partial charge in [0.1, 0.15) is 16.3 Å². The number of ether oxygens (including phenoxy) is 1. The van der Waals surface area contributed by atoms with Crippen LogP contribution in [0.3, 0.4) is 0 Å². The summed E-state index contributed by atoms with van der Waals surface area (Å²) in [5, 5.41) is 6.50. The summed E-state index contributed by atoms with van der Waals surface area (Å²) in [7, 11) is -2.49. The van der Waals surface area contributed by atoms with Gasteiger partial charge in [-0.15, -0.1) is 0 Å². The Kier molecular flexibility index (Phi) is 7.11. The highest BCUT2D eigenvalue weighted by atomic mass is 32.2. The second-order valence-electron chi connectivity index (χ2n) is 11.2. The molecule has 37 heavy (non-hydrogen) atoms. The van der Waals surface area contributed by atoms with Gasteiger partial charge in [-0.1, -0.05) is 31.2 Å². The van der Waals surface area contributed by atoms with Gasteiger partial charge in [-0.2, -0.15) is 0 Å². The molecular formula is C27H36N4O5S. The fraction of sp³-hybridized carbons (Fsp3) is 0.519. The normalized spacial score (nSPS) is 14.8. The molecule has 9 nitrogen and oxygen atoms in total. The third-order valence-electron chi connectivity index (χ3n) is 6.85. The molecule has 0 unspecified atom stereocenters. The maximum absolute atomic E-state index is 13.7. The number of anilines is 1. The molecule has 10 heteroatoms. The number of hydrogen-bond acceptors (Lipinski definition) is 7. The number of nitrogens with one attached hydrogen (secondary N) is 1. The first kappa shape index (κ1) is 27.1. The summed E-state index contributed by atoms with van der Waals surface area (Å²) < 4.78 is 38.3. The average molecular weight is 529 g/mol. The van der Waals surface area contributed by atoms with E-state index in [-0.39, 0.29) is 10.7 Å². The maximum Gasteiger partial charge on any atom is 0.246 e. The van der Waals surface area contributed by atoms with Crippen LogP contribution < -0.4 is 5.32 Å². The molecule has 1 saturated carbocycles. The molecule has 2 aromatic heterocycles. The lowest BCUT2D eigenvalue weighted by Gasteiger charge is -2.23. The highest BCUT2D eigenvalue weighted by molar-refractivity contribution is 7.93. The molecule has 1 aromatic carbocycles. The fourth-order valence-corrected chi connectivity index (χ4v) is 5.66. The number of fused-ring (bicyclic) bond motifs is 1. The van der Waals surface area contributed by atoms with Crippen LogP contribution in [-0.2, 0) is 37.7 Å². The van der Waals surface area contributed by atoms with Gasteiger partial charge in [-0.3, -0.25) is 4.79 Å². The van der Waals surface area contributed by atoms with Crippen molar-refractivity contribution in [1.29, 1.82) is 0 Å². The lowest BCUT2D eigenvalue weighted by atomic mass is 9.91. The lowest BCUT2D eigenvalue weighted by Crippen LogP contribution is -2.44. The summed E-state index contributed by atoms with van der Waals surface area (Å²) in [6.45, 7) is 13.8. The number of imidazole rings is 1. The van der Waals surface area contributed by atoms with Crippen molar-refractivity contribution in [2.45, 2.75) is 75.5 Å². The first-order valence-electron chi connectivity index (χ1n) is 12.4. The number of aromatic nitrogens is 3. The molecule has 0 bridgehead atoms. The molecule has 1 aliphatic carbocycles. The molecule has 1 N–H and O–H groups in total. The minimum Gasteiger partial charge on any atom is -0.384 e. The van der Waals surface area contributed by atoms with Crippen LogP contribution in [0.2, 0.25) is 0 Å². The number of sulfone groups is 1. The van der Waals surface area contributed by atoms with Crippen molar-refractivity contribution in [2.24, 2.45) is 5.92 Å². The van der Waals surface area contributed by atoms with Crippen molar-refractivity contribution in [3.8, 4) is 0 Å². The molecule has 0 radical (unpaired) electrons. The van der Waals surface area contributed by atoms with Gasteiger partial charge in [0, 0.05) is 31.6 Å². The van der Waals surface area contributed by atoms with Crippen molar-refractivity contribution in [3.63, 3.8) is 0 Å². The van der Waals surface area contributed by atoms with Gasteiger partial charge in [-0.25, -0.2) is 13.4 Å². The largest absolute Gasteiger partial charge is 0.384 e. The SMILES string of the molecule is C=C(C)Cc1nc2cc(S(=O)(=O)C(C)(C)C(=O)Nc3cc(C(C)(C)COC)on3)ccc2n1CC1CC1. The molecule has 1 aliphatic rings. The monoisotopic (exact) mass is 528 g/mol. The maximum atomic E-state index is 13.7. The number of nitrogens with zero attached hydrogens (tertiary/aromatic N) is 3. The van der Waals surface area contributed by atoms with E-state index in [1.165, 1.54) is 26.7 Å². The molecule has 1 fully saturated rings. The van der Waals surface area contributed by atoms with Crippen molar-refractivity contribution in [1.82, 2.24) is 14.7 Å². The number of methoxy groups -OCH3 is 1. The molecule has 200 valence electrons. The van der Waals surface area contributed by atoms with Crippen molar-refractivity contribution in [3.05, 3.63) is 48.0 Å². The van der Waals surface area contributed by atoms with Gasteiger partial charge in [0.25, 0.3) is 0 Å². The molecule has 0 atom stereocenters. The molecule has 3 aromatic rings. The van der Waals surface area contributed by atoms with Crippen LogP contribution in [0, 0.1) is 5.92 Å². The van der Waals surface area contributed by atoms with Crippen LogP contribution in [0.5, 0.6) is 0 Å². The Bertz CT molecular complexity index is 1440. The Morgan fingerprint density at radius 1 is 1.24 bits per heavy atom. The molecule has 0 spiro atoms. The second-order valence-corrected chi connectivity index (χ2v) is 13.7. The number of benzene rings is 1. The molecule has 2 heterocycles. The Morgan fingerprint density at radius 2 is 1.95 bits per heavy atom. The molecule has 4 rings (SSSR count). The van der Waals surface area contributed by atoms with Gasteiger partial charge in [0.2, 0.25) is 5.91 Å². The summed E-state index contributed by atoms with van der Waals surface area (Å²) in [4.78, 5) is 18.0. The zero-order valence-corrected chi connectivity index (χ0v) is 23.2. The number of allylic oxidation sites excluding steroid dienone is 1. The summed E-state index contributed by atoms with van der Waals surface area (Å²) >= 11 is 0. The summed E-state index contributed by atoms with van der Waals surface area (Å²) in [6, 6.07) is 6.49. The van der Waals surface area contributed by atoms with E-state index in [0.29, 0.717) is 30.2 Å². The quantitative estimate of drug-likeness (QED) is 0.360. The predicted octanol–water partition coefficient (Wildman–Crippen LogP) is 4.67. The minimum absolute atomic E-state index is 0.0418. The summed E-state index contributed by atoms with van der Waals surface area (Å²) in [5.74, 6) is 1.46. The topological polar surface area (TPSA) is 116 Å². The number of amides is 1. The van der Waals surface area contributed by atoms with Crippen LogP contribution in [0.1, 0.15) is 59.0 Å². The van der Waals surface area contributed by atoms with Crippen LogP contribution in [0.15, 0.2) is 45.8 Å². The van der Waals surface area contributed by atoms with Gasteiger partial charge in [0.15, 0.2) is 15.7 Å². The van der Waals surface area contributed by atoms with Crippen LogP contribution in [0.4, 0.5) is 5.82 Å². The Morgan fingerprint density at radius 3 is 2.57 bits per heavy atom. The third kappa shape index (κ3) is 5.36. The second kappa shape index (κ2) is 9.72. The molecule has 0 aliphatic heterocycles. The molecule has 0 saturated heterocycles. The number of hydrogen-bond donors (Lipinski definition) is 1. The van der Waals surface area contributed by atoms with Gasteiger partial charge in [0.05, 0.1) is 22.5 Å². The van der Waals surface area contributed by atoms with Gasteiger partial charge >= 0.3 is 0 Å². The third-order valence-corrected chi connectivity index (χ3v) is 9.25. The van der Waals surface area contributed by atoms with Crippen molar-refractivity contribution >= 4 is 32.6 Å². The standard InChI is InChI=1S/C27H36N4O5S/c1-17(2)12-24-28-20-13-19(10-11-21(20)31(24)15-18-8-9-18)37(33,34)27(5,6)25(32)29-23-14-22(36-30-23)26(3,4)16-35-7/h10-11,13-14,18H,1,8-9,12,15-16H2,2-7H3,(H,29,30,32). The molecule has 1 amide bonds. The Balaban J connectivity index is 1.61. The Labute approximate surface area is 218 Å². The van der Waals surface area contributed by atoms with E-state index in [2.05, 4.69) is 21.6 Å². The smallest absolute Gasteiger partial charge is 0.246 e. The van der Waals surface area contributed by atoms with E-state index in [9.17, 15) is 13.2 Å². The van der Waals surface area contributed by atoms with Crippen molar-refractivity contribution < 1.29 is 22.5 Å². The van der Waals surface area contributed by atoms with Crippen LogP contribution in [-0.4, -0.2) is 47.5 Å².